The lowest BCUT2D eigenvalue weighted by Crippen LogP contribution is -2.36. The fourth-order valence-corrected chi connectivity index (χ4v) is 4.43. The van der Waals surface area contributed by atoms with Crippen LogP contribution in [0.4, 0.5) is 10.1 Å². The molecule has 7 heteroatoms. The largest absolute Gasteiger partial charge is 0.305 e. The molecule has 138 valence electrons. The Balaban J connectivity index is 1.97. The SMILES string of the molecule is CC(C)NS(=O)(=O)c1cccc(C(=O)N2CCCc3cccc(F)c32)c1. The molecule has 1 aliphatic rings. The van der Waals surface area contributed by atoms with Gasteiger partial charge in [0.25, 0.3) is 5.91 Å². The highest BCUT2D eigenvalue weighted by Gasteiger charge is 2.27. The van der Waals surface area contributed by atoms with Crippen LogP contribution in [-0.2, 0) is 16.4 Å². The molecule has 1 N–H and O–H groups in total. The second-order valence-corrected chi connectivity index (χ2v) is 8.33. The third-order valence-electron chi connectivity index (χ3n) is 4.20. The number of carbonyl (C=O) groups excluding carboxylic acids is 1. The van der Waals surface area contributed by atoms with Gasteiger partial charge in [0.1, 0.15) is 5.82 Å². The van der Waals surface area contributed by atoms with E-state index in [2.05, 4.69) is 4.72 Å². The van der Waals surface area contributed by atoms with E-state index in [1.165, 1.54) is 29.2 Å². The molecule has 0 saturated heterocycles. The normalized spacial score (nSPS) is 14.4. The van der Waals surface area contributed by atoms with Gasteiger partial charge in [0.2, 0.25) is 10.0 Å². The summed E-state index contributed by atoms with van der Waals surface area (Å²) in [6.07, 6.45) is 1.44. The third-order valence-corrected chi connectivity index (χ3v) is 5.85. The molecule has 0 saturated carbocycles. The number of halogens is 1. The molecule has 0 spiro atoms. The second-order valence-electron chi connectivity index (χ2n) is 6.61. The summed E-state index contributed by atoms with van der Waals surface area (Å²) >= 11 is 0. The van der Waals surface area contributed by atoms with Crippen LogP contribution in [0.2, 0.25) is 0 Å². The maximum Gasteiger partial charge on any atom is 0.258 e. The topological polar surface area (TPSA) is 66.5 Å². The summed E-state index contributed by atoms with van der Waals surface area (Å²) in [5.41, 5.74) is 1.29. The lowest BCUT2D eigenvalue weighted by molar-refractivity contribution is 0.0984. The van der Waals surface area contributed by atoms with Crippen LogP contribution in [0, 0.1) is 5.82 Å². The van der Waals surface area contributed by atoms with Gasteiger partial charge in [-0.05, 0) is 56.5 Å². The van der Waals surface area contributed by atoms with Crippen molar-refractivity contribution in [1.82, 2.24) is 4.72 Å². The van der Waals surface area contributed by atoms with Crippen LogP contribution in [0.5, 0.6) is 0 Å². The van der Waals surface area contributed by atoms with Crippen molar-refractivity contribution in [2.45, 2.75) is 37.6 Å². The van der Waals surface area contributed by atoms with Crippen LogP contribution in [0.1, 0.15) is 36.2 Å². The molecule has 0 fully saturated rings. The zero-order valence-corrected chi connectivity index (χ0v) is 15.5. The Morgan fingerprint density at radius 3 is 2.65 bits per heavy atom. The quantitative estimate of drug-likeness (QED) is 0.892. The standard InChI is InChI=1S/C19H21FN2O3S/c1-13(2)21-26(24,25)16-9-3-7-15(12-16)19(23)22-11-5-8-14-6-4-10-17(20)18(14)22/h3-4,6-7,9-10,12-13,21H,5,8,11H2,1-2H3. The van der Waals surface area contributed by atoms with Crippen molar-refractivity contribution in [1.29, 1.82) is 0 Å². The highest BCUT2D eigenvalue weighted by molar-refractivity contribution is 7.89. The van der Waals surface area contributed by atoms with Gasteiger partial charge >= 0.3 is 0 Å². The molecule has 3 rings (SSSR count). The fraction of sp³-hybridized carbons (Fsp3) is 0.316. The van der Waals surface area contributed by atoms with E-state index in [-0.39, 0.29) is 22.2 Å². The van der Waals surface area contributed by atoms with E-state index in [1.807, 2.05) is 6.07 Å². The van der Waals surface area contributed by atoms with E-state index < -0.39 is 21.7 Å². The van der Waals surface area contributed by atoms with E-state index in [0.29, 0.717) is 13.0 Å². The molecule has 26 heavy (non-hydrogen) atoms. The first-order valence-electron chi connectivity index (χ1n) is 8.51. The van der Waals surface area contributed by atoms with Crippen LogP contribution < -0.4 is 9.62 Å². The molecule has 2 aromatic carbocycles. The Labute approximate surface area is 152 Å². The van der Waals surface area contributed by atoms with Crippen LogP contribution in [0.15, 0.2) is 47.4 Å². The van der Waals surface area contributed by atoms with Crippen LogP contribution in [0.3, 0.4) is 0 Å². The average molecular weight is 376 g/mol. The van der Waals surface area contributed by atoms with Gasteiger partial charge in [-0.1, -0.05) is 18.2 Å². The molecule has 0 aromatic heterocycles. The predicted molar refractivity (Wildman–Crippen MR) is 98.3 cm³/mol. The lowest BCUT2D eigenvalue weighted by Gasteiger charge is -2.30. The van der Waals surface area contributed by atoms with E-state index in [4.69, 9.17) is 0 Å². The molecule has 0 atom stereocenters. The van der Waals surface area contributed by atoms with Gasteiger partial charge in [-0.15, -0.1) is 0 Å². The number of hydrogen-bond acceptors (Lipinski definition) is 3. The van der Waals surface area contributed by atoms with Gasteiger partial charge in [0.05, 0.1) is 10.6 Å². The Morgan fingerprint density at radius 2 is 1.92 bits per heavy atom. The van der Waals surface area contributed by atoms with E-state index in [9.17, 15) is 17.6 Å². The summed E-state index contributed by atoms with van der Waals surface area (Å²) in [5.74, 6) is -0.849. The highest BCUT2D eigenvalue weighted by atomic mass is 32.2. The van der Waals surface area contributed by atoms with Gasteiger partial charge in [-0.25, -0.2) is 17.5 Å². The number of carbonyl (C=O) groups is 1. The molecule has 0 radical (unpaired) electrons. The van der Waals surface area contributed by atoms with E-state index >= 15 is 0 Å². The van der Waals surface area contributed by atoms with Gasteiger partial charge in [0.15, 0.2) is 0 Å². The number of fused-ring (bicyclic) bond motifs is 1. The van der Waals surface area contributed by atoms with Gasteiger partial charge in [0, 0.05) is 18.2 Å². The third kappa shape index (κ3) is 3.64. The lowest BCUT2D eigenvalue weighted by atomic mass is 10.0. The van der Waals surface area contributed by atoms with Crippen LogP contribution >= 0.6 is 0 Å². The van der Waals surface area contributed by atoms with Crippen molar-refractivity contribution >= 4 is 21.6 Å². The number of hydrogen-bond donors (Lipinski definition) is 1. The number of nitrogens with zero attached hydrogens (tertiary/aromatic N) is 1. The Kier molecular flexibility index (Phi) is 5.11. The van der Waals surface area contributed by atoms with E-state index in [1.54, 1.807) is 26.0 Å². The summed E-state index contributed by atoms with van der Waals surface area (Å²) < 4.78 is 41.5. The zero-order valence-electron chi connectivity index (χ0n) is 14.7. The Hall–Kier alpha value is -2.25. The summed E-state index contributed by atoms with van der Waals surface area (Å²) in [5, 5.41) is 0. The number of para-hydroxylation sites is 1. The summed E-state index contributed by atoms with van der Waals surface area (Å²) in [6.45, 7) is 3.84. The van der Waals surface area contributed by atoms with Crippen molar-refractivity contribution in [3.05, 3.63) is 59.4 Å². The van der Waals surface area contributed by atoms with E-state index in [0.717, 1.165) is 12.0 Å². The number of aryl methyl sites for hydroxylation is 1. The van der Waals surface area contributed by atoms with Crippen molar-refractivity contribution in [3.8, 4) is 0 Å². The molecule has 5 nitrogen and oxygen atoms in total. The van der Waals surface area contributed by atoms with Crippen molar-refractivity contribution in [2.75, 3.05) is 11.4 Å². The second kappa shape index (κ2) is 7.17. The maximum atomic E-state index is 14.3. The zero-order chi connectivity index (χ0) is 18.9. The molecule has 1 amide bonds. The summed E-state index contributed by atoms with van der Waals surface area (Å²) in [6, 6.07) is 10.4. The average Bonchev–Trinajstić information content (AvgIpc) is 2.60. The molecule has 1 heterocycles. The minimum atomic E-state index is -3.71. The molecule has 1 aliphatic heterocycles. The Morgan fingerprint density at radius 1 is 1.19 bits per heavy atom. The van der Waals surface area contributed by atoms with Gasteiger partial charge in [-0.2, -0.15) is 0 Å². The predicted octanol–water partition coefficient (Wildman–Crippen LogP) is 3.11. The summed E-state index contributed by atoms with van der Waals surface area (Å²) in [4.78, 5) is 14.4. The monoisotopic (exact) mass is 376 g/mol. The number of sulfonamides is 1. The number of nitrogens with one attached hydrogen (secondary N) is 1. The van der Waals surface area contributed by atoms with Crippen molar-refractivity contribution in [3.63, 3.8) is 0 Å². The minimum Gasteiger partial charge on any atom is -0.305 e. The van der Waals surface area contributed by atoms with Gasteiger partial charge in [-0.3, -0.25) is 4.79 Å². The number of benzene rings is 2. The Bertz CT molecular complexity index is 942. The number of amides is 1. The first-order chi connectivity index (χ1) is 12.3. The summed E-state index contributed by atoms with van der Waals surface area (Å²) in [7, 11) is -3.71. The highest BCUT2D eigenvalue weighted by Crippen LogP contribution is 2.31. The van der Waals surface area contributed by atoms with Crippen molar-refractivity contribution < 1.29 is 17.6 Å². The smallest absolute Gasteiger partial charge is 0.258 e. The fourth-order valence-electron chi connectivity index (χ4n) is 3.14. The minimum absolute atomic E-state index is 0.0165. The van der Waals surface area contributed by atoms with Crippen LogP contribution in [0.25, 0.3) is 0 Å². The first-order valence-corrected chi connectivity index (χ1v) is 9.99. The molecular formula is C19H21FN2O3S. The molecule has 2 aromatic rings. The van der Waals surface area contributed by atoms with Gasteiger partial charge < -0.3 is 4.90 Å². The van der Waals surface area contributed by atoms with Crippen molar-refractivity contribution in [2.24, 2.45) is 0 Å². The molecular weight excluding hydrogens is 355 g/mol. The van der Waals surface area contributed by atoms with Crippen LogP contribution in [-0.4, -0.2) is 26.9 Å². The first kappa shape index (κ1) is 18.5. The maximum absolute atomic E-state index is 14.3. The molecule has 0 aliphatic carbocycles. The number of anilines is 1. The number of rotatable bonds is 4. The molecule has 0 unspecified atom stereocenters. The molecule has 0 bridgehead atoms.